The van der Waals surface area contributed by atoms with Gasteiger partial charge in [0.05, 0.1) is 12.2 Å². The third-order valence-corrected chi connectivity index (χ3v) is 3.82. The van der Waals surface area contributed by atoms with Crippen LogP contribution in [0.3, 0.4) is 0 Å². The van der Waals surface area contributed by atoms with E-state index in [2.05, 4.69) is 25.4 Å². The van der Waals surface area contributed by atoms with Crippen LogP contribution in [0.15, 0.2) is 47.9 Å². The van der Waals surface area contributed by atoms with Gasteiger partial charge in [-0.2, -0.15) is 5.10 Å². The van der Waals surface area contributed by atoms with Crippen molar-refractivity contribution in [2.24, 2.45) is 7.05 Å². The summed E-state index contributed by atoms with van der Waals surface area (Å²) in [6.45, 7) is 1.95. The van der Waals surface area contributed by atoms with E-state index < -0.39 is 11.5 Å². The van der Waals surface area contributed by atoms with Gasteiger partial charge in [-0.25, -0.2) is 4.98 Å². The van der Waals surface area contributed by atoms with Crippen LogP contribution in [0, 0.1) is 0 Å². The van der Waals surface area contributed by atoms with Crippen LogP contribution in [0.4, 0.5) is 0 Å². The zero-order valence-corrected chi connectivity index (χ0v) is 13.9. The molecule has 0 fully saturated rings. The van der Waals surface area contributed by atoms with Crippen LogP contribution in [0.25, 0.3) is 11.4 Å². The van der Waals surface area contributed by atoms with Gasteiger partial charge in [0.25, 0.3) is 11.5 Å². The zero-order chi connectivity index (χ0) is 17.8. The molecular formula is C17H18N6O2. The van der Waals surface area contributed by atoms with Crippen LogP contribution in [-0.4, -0.2) is 30.6 Å². The lowest BCUT2D eigenvalue weighted by molar-refractivity contribution is 0.0933. The first-order chi connectivity index (χ1) is 12.1. The van der Waals surface area contributed by atoms with Gasteiger partial charge in [-0.15, -0.1) is 0 Å². The quantitative estimate of drug-likeness (QED) is 0.732. The van der Waals surface area contributed by atoms with Crippen molar-refractivity contribution in [1.29, 1.82) is 0 Å². The van der Waals surface area contributed by atoms with Crippen LogP contribution < -0.4 is 10.9 Å². The van der Waals surface area contributed by atoms with Gasteiger partial charge in [0.2, 0.25) is 0 Å². The molecule has 8 nitrogen and oxygen atoms in total. The molecule has 0 saturated heterocycles. The first kappa shape index (κ1) is 16.6. The number of hydrogen-bond donors (Lipinski definition) is 2. The lowest BCUT2D eigenvalue weighted by atomic mass is 10.1. The predicted molar refractivity (Wildman–Crippen MR) is 91.8 cm³/mol. The van der Waals surface area contributed by atoms with Crippen molar-refractivity contribution in [3.8, 4) is 11.4 Å². The fourth-order valence-electron chi connectivity index (χ4n) is 2.48. The van der Waals surface area contributed by atoms with E-state index in [9.17, 15) is 9.59 Å². The molecule has 8 heteroatoms. The number of nitrogens with zero attached hydrogens (tertiary/aromatic N) is 4. The molecule has 0 aliphatic carbocycles. The zero-order valence-electron chi connectivity index (χ0n) is 13.9. The van der Waals surface area contributed by atoms with Crippen molar-refractivity contribution in [2.75, 3.05) is 0 Å². The Balaban J connectivity index is 1.81. The number of hydrogen-bond acceptors (Lipinski definition) is 5. The van der Waals surface area contributed by atoms with Crippen LogP contribution in [0.1, 0.15) is 35.3 Å². The number of pyridine rings is 1. The molecule has 2 N–H and O–H groups in total. The van der Waals surface area contributed by atoms with Gasteiger partial charge in [0, 0.05) is 43.0 Å². The minimum atomic E-state index is -0.493. The number of carbonyl (C=O) groups excluding carboxylic acids is 1. The van der Waals surface area contributed by atoms with E-state index in [0.717, 1.165) is 5.56 Å². The molecule has 0 bridgehead atoms. The number of rotatable bonds is 5. The monoisotopic (exact) mass is 338 g/mol. The molecule has 1 unspecified atom stereocenters. The van der Waals surface area contributed by atoms with E-state index >= 15 is 0 Å². The molecule has 3 rings (SSSR count). The Labute approximate surface area is 144 Å². The summed E-state index contributed by atoms with van der Waals surface area (Å²) in [5.41, 5.74) is 1.03. The largest absolute Gasteiger partial charge is 0.345 e. The molecule has 1 atom stereocenters. The number of carbonyl (C=O) groups is 1. The molecule has 3 aromatic heterocycles. The first-order valence-corrected chi connectivity index (χ1v) is 7.87. The summed E-state index contributed by atoms with van der Waals surface area (Å²) in [5.74, 6) is -0.101. The molecule has 3 aromatic rings. The molecule has 0 aliphatic heterocycles. The fraction of sp³-hybridized carbons (Fsp3) is 0.235. The third-order valence-electron chi connectivity index (χ3n) is 3.82. The maximum atomic E-state index is 12.5. The first-order valence-electron chi connectivity index (χ1n) is 7.87. The molecule has 25 heavy (non-hydrogen) atoms. The highest BCUT2D eigenvalue weighted by Gasteiger charge is 2.18. The molecule has 1 amide bonds. The van der Waals surface area contributed by atoms with Crippen LogP contribution in [0.5, 0.6) is 0 Å². The fourth-order valence-corrected chi connectivity index (χ4v) is 2.48. The smallest absolute Gasteiger partial charge is 0.264 e. The molecule has 3 heterocycles. The van der Waals surface area contributed by atoms with Crippen molar-refractivity contribution in [3.63, 3.8) is 0 Å². The van der Waals surface area contributed by atoms with Crippen molar-refractivity contribution < 1.29 is 4.79 Å². The van der Waals surface area contributed by atoms with Crippen LogP contribution in [0.2, 0.25) is 0 Å². The summed E-state index contributed by atoms with van der Waals surface area (Å²) in [6.07, 6.45) is 8.72. The van der Waals surface area contributed by atoms with Crippen molar-refractivity contribution in [2.45, 2.75) is 19.4 Å². The maximum absolute atomic E-state index is 12.5. The van der Waals surface area contributed by atoms with Gasteiger partial charge in [-0.1, -0.05) is 6.92 Å². The number of nitrogens with one attached hydrogen (secondary N) is 2. The second-order valence-electron chi connectivity index (χ2n) is 5.60. The van der Waals surface area contributed by atoms with Crippen LogP contribution >= 0.6 is 0 Å². The van der Waals surface area contributed by atoms with Gasteiger partial charge in [0.1, 0.15) is 11.4 Å². The second kappa shape index (κ2) is 7.08. The van der Waals surface area contributed by atoms with E-state index in [0.29, 0.717) is 17.8 Å². The van der Waals surface area contributed by atoms with E-state index in [1.54, 1.807) is 35.4 Å². The Morgan fingerprint density at radius 2 is 2.20 bits per heavy atom. The van der Waals surface area contributed by atoms with Gasteiger partial charge >= 0.3 is 0 Å². The molecule has 0 spiro atoms. The van der Waals surface area contributed by atoms with Gasteiger partial charge in [-0.3, -0.25) is 19.3 Å². The molecule has 0 aliphatic rings. The summed E-state index contributed by atoms with van der Waals surface area (Å²) in [6, 6.07) is 3.30. The van der Waals surface area contributed by atoms with Gasteiger partial charge in [0.15, 0.2) is 0 Å². The molecule has 0 radical (unpaired) electrons. The van der Waals surface area contributed by atoms with Gasteiger partial charge in [-0.05, 0) is 18.6 Å². The number of aryl methyl sites for hydroxylation is 1. The van der Waals surface area contributed by atoms with E-state index in [1.807, 2.05) is 20.2 Å². The number of aromatic amines is 1. The highest BCUT2D eigenvalue weighted by molar-refractivity contribution is 5.93. The average molecular weight is 338 g/mol. The lowest BCUT2D eigenvalue weighted by Crippen LogP contribution is -2.32. The summed E-state index contributed by atoms with van der Waals surface area (Å²) in [5, 5.41) is 6.96. The van der Waals surface area contributed by atoms with Crippen molar-refractivity contribution in [3.05, 3.63) is 64.6 Å². The van der Waals surface area contributed by atoms with Crippen LogP contribution in [-0.2, 0) is 7.05 Å². The van der Waals surface area contributed by atoms with Crippen molar-refractivity contribution >= 4 is 5.91 Å². The normalized spacial score (nSPS) is 11.9. The third kappa shape index (κ3) is 3.63. The number of H-pyrrole nitrogens is 1. The Morgan fingerprint density at radius 3 is 2.80 bits per heavy atom. The summed E-state index contributed by atoms with van der Waals surface area (Å²) >= 11 is 0. The molecule has 0 saturated carbocycles. The highest BCUT2D eigenvalue weighted by Crippen LogP contribution is 2.16. The summed E-state index contributed by atoms with van der Waals surface area (Å²) in [4.78, 5) is 35.5. The van der Waals surface area contributed by atoms with Crippen molar-refractivity contribution in [1.82, 2.24) is 30.0 Å². The predicted octanol–water partition coefficient (Wildman–Crippen LogP) is 1.45. The van der Waals surface area contributed by atoms with E-state index in [1.165, 1.54) is 6.20 Å². The minimum absolute atomic E-state index is 0.0324. The maximum Gasteiger partial charge on any atom is 0.264 e. The van der Waals surface area contributed by atoms with E-state index in [-0.39, 0.29) is 11.6 Å². The minimum Gasteiger partial charge on any atom is -0.345 e. The Bertz CT molecular complexity index is 932. The Morgan fingerprint density at radius 1 is 1.36 bits per heavy atom. The molecule has 128 valence electrons. The summed E-state index contributed by atoms with van der Waals surface area (Å²) in [7, 11) is 1.81. The lowest BCUT2D eigenvalue weighted by Gasteiger charge is -2.15. The highest BCUT2D eigenvalue weighted by atomic mass is 16.2. The second-order valence-corrected chi connectivity index (χ2v) is 5.60. The number of amides is 1. The number of aromatic nitrogens is 5. The topological polar surface area (TPSA) is 106 Å². The summed E-state index contributed by atoms with van der Waals surface area (Å²) < 4.78 is 1.67. The Hall–Kier alpha value is -3.29. The standard InChI is InChI=1S/C17H18N6O2/c1-3-14(12-8-20-23(2)10-12)21-16(24)13-9-19-15(22-17(13)25)11-5-4-6-18-7-11/h4-10,14H,3H2,1-2H3,(H,21,24)(H,19,22,25). The van der Waals surface area contributed by atoms with Gasteiger partial charge < -0.3 is 10.3 Å². The Kier molecular flexibility index (Phi) is 4.69. The SMILES string of the molecule is CCC(NC(=O)c1cnc(-c2cccnc2)[nH]c1=O)c1cnn(C)c1. The molecule has 0 aromatic carbocycles. The van der Waals surface area contributed by atoms with E-state index in [4.69, 9.17) is 0 Å². The molecular weight excluding hydrogens is 320 g/mol. The average Bonchev–Trinajstić information content (AvgIpc) is 3.06.